The number of amides is 1. The summed E-state index contributed by atoms with van der Waals surface area (Å²) in [5.74, 6) is -1.84. The fraction of sp³-hybridized carbons (Fsp3) is 0.667. The van der Waals surface area contributed by atoms with Gasteiger partial charge in [0.05, 0.1) is 18.0 Å². The SMILES string of the molecule is Cc1c(CN(C)C(=O)[C@@H]2CCCC[C@H]2C(=O)O)cnn1C. The van der Waals surface area contributed by atoms with E-state index in [9.17, 15) is 14.7 Å². The number of aryl methyl sites for hydroxylation is 1. The first-order valence-corrected chi connectivity index (χ1v) is 7.37. The third-order valence-electron chi connectivity index (χ3n) is 4.52. The van der Waals surface area contributed by atoms with Gasteiger partial charge in [-0.15, -0.1) is 0 Å². The summed E-state index contributed by atoms with van der Waals surface area (Å²) < 4.78 is 1.77. The van der Waals surface area contributed by atoms with Crippen molar-refractivity contribution in [2.45, 2.75) is 39.2 Å². The molecule has 1 aliphatic carbocycles. The molecule has 0 saturated heterocycles. The quantitative estimate of drug-likeness (QED) is 0.914. The number of aliphatic carboxylic acids is 1. The van der Waals surface area contributed by atoms with Crippen LogP contribution in [0.2, 0.25) is 0 Å². The van der Waals surface area contributed by atoms with Crippen LogP contribution in [-0.2, 0) is 23.2 Å². The molecular formula is C15H23N3O3. The van der Waals surface area contributed by atoms with Crippen LogP contribution < -0.4 is 0 Å². The maximum absolute atomic E-state index is 12.6. The molecule has 1 aliphatic rings. The number of hydrogen-bond acceptors (Lipinski definition) is 3. The minimum atomic E-state index is -0.848. The molecule has 0 aliphatic heterocycles. The number of carbonyl (C=O) groups is 2. The molecule has 6 nitrogen and oxygen atoms in total. The number of aromatic nitrogens is 2. The number of carboxylic acids is 1. The van der Waals surface area contributed by atoms with Crippen molar-refractivity contribution in [1.29, 1.82) is 0 Å². The van der Waals surface area contributed by atoms with Gasteiger partial charge in [-0.2, -0.15) is 5.10 Å². The van der Waals surface area contributed by atoms with Crippen LogP contribution in [-0.4, -0.2) is 38.7 Å². The third kappa shape index (κ3) is 3.25. The molecule has 0 bridgehead atoms. The highest BCUT2D eigenvalue weighted by Gasteiger charge is 2.37. The Labute approximate surface area is 124 Å². The highest BCUT2D eigenvalue weighted by molar-refractivity contribution is 5.84. The smallest absolute Gasteiger partial charge is 0.307 e. The Morgan fingerprint density at radius 1 is 1.38 bits per heavy atom. The lowest BCUT2D eigenvalue weighted by Gasteiger charge is -2.31. The zero-order valence-corrected chi connectivity index (χ0v) is 12.9. The summed E-state index contributed by atoms with van der Waals surface area (Å²) in [5, 5.41) is 13.5. The van der Waals surface area contributed by atoms with E-state index >= 15 is 0 Å². The standard InChI is InChI=1S/C15H23N3O3/c1-10-11(8-16-18(10)3)9-17(2)14(19)12-6-4-5-7-13(12)15(20)21/h8,12-13H,4-7,9H2,1-3H3,(H,20,21)/t12-,13-/m1/s1. The minimum absolute atomic E-state index is 0.0645. The molecule has 1 aromatic rings. The lowest BCUT2D eigenvalue weighted by atomic mass is 9.78. The van der Waals surface area contributed by atoms with Crippen molar-refractivity contribution < 1.29 is 14.7 Å². The lowest BCUT2D eigenvalue weighted by Crippen LogP contribution is -2.40. The second-order valence-electron chi connectivity index (χ2n) is 5.91. The number of nitrogens with zero attached hydrogens (tertiary/aromatic N) is 3. The fourth-order valence-electron chi connectivity index (χ4n) is 3.04. The molecule has 2 atom stereocenters. The van der Waals surface area contributed by atoms with E-state index in [-0.39, 0.29) is 5.91 Å². The Hall–Kier alpha value is -1.85. The summed E-state index contributed by atoms with van der Waals surface area (Å²) >= 11 is 0. The first-order valence-electron chi connectivity index (χ1n) is 7.37. The largest absolute Gasteiger partial charge is 0.481 e. The van der Waals surface area contributed by atoms with Crippen molar-refractivity contribution in [3.8, 4) is 0 Å². The Kier molecular flexibility index (Phi) is 4.65. The molecule has 0 unspecified atom stereocenters. The summed E-state index contributed by atoms with van der Waals surface area (Å²) in [5.41, 5.74) is 2.02. The van der Waals surface area contributed by atoms with Crippen molar-refractivity contribution >= 4 is 11.9 Å². The molecule has 0 aromatic carbocycles. The molecule has 2 rings (SSSR count). The molecule has 1 saturated carbocycles. The van der Waals surface area contributed by atoms with Crippen LogP contribution in [0, 0.1) is 18.8 Å². The highest BCUT2D eigenvalue weighted by Crippen LogP contribution is 2.31. The predicted octanol–water partition coefficient (Wildman–Crippen LogP) is 1.58. The Balaban J connectivity index is 2.07. The first-order chi connectivity index (χ1) is 9.91. The van der Waals surface area contributed by atoms with Crippen molar-refractivity contribution in [3.63, 3.8) is 0 Å². The van der Waals surface area contributed by atoms with Crippen LogP contribution in [0.15, 0.2) is 6.20 Å². The Morgan fingerprint density at radius 3 is 2.52 bits per heavy atom. The van der Waals surface area contributed by atoms with E-state index < -0.39 is 17.8 Å². The van der Waals surface area contributed by atoms with Gasteiger partial charge in [0.25, 0.3) is 0 Å². The molecule has 1 amide bonds. The van der Waals surface area contributed by atoms with Gasteiger partial charge < -0.3 is 10.0 Å². The molecule has 1 heterocycles. The molecule has 21 heavy (non-hydrogen) atoms. The van der Waals surface area contributed by atoms with Crippen LogP contribution >= 0.6 is 0 Å². The first kappa shape index (κ1) is 15.5. The highest BCUT2D eigenvalue weighted by atomic mass is 16.4. The van der Waals surface area contributed by atoms with Gasteiger partial charge in [0.2, 0.25) is 5.91 Å². The van der Waals surface area contributed by atoms with E-state index in [0.717, 1.165) is 24.1 Å². The number of hydrogen-bond donors (Lipinski definition) is 1. The van der Waals surface area contributed by atoms with Crippen LogP contribution in [0.1, 0.15) is 36.9 Å². The van der Waals surface area contributed by atoms with Gasteiger partial charge in [0, 0.05) is 31.9 Å². The molecule has 1 aromatic heterocycles. The molecule has 1 N–H and O–H groups in total. The average molecular weight is 293 g/mol. The van der Waals surface area contributed by atoms with Crippen molar-refractivity contribution in [2.75, 3.05) is 7.05 Å². The molecule has 0 radical (unpaired) electrons. The van der Waals surface area contributed by atoms with E-state index in [1.807, 2.05) is 14.0 Å². The van der Waals surface area contributed by atoms with Gasteiger partial charge in [0.15, 0.2) is 0 Å². The second-order valence-corrected chi connectivity index (χ2v) is 5.91. The second kappa shape index (κ2) is 6.28. The maximum Gasteiger partial charge on any atom is 0.307 e. The van der Waals surface area contributed by atoms with E-state index in [2.05, 4.69) is 5.10 Å². The maximum atomic E-state index is 12.6. The van der Waals surface area contributed by atoms with Gasteiger partial charge >= 0.3 is 5.97 Å². The fourth-order valence-corrected chi connectivity index (χ4v) is 3.04. The lowest BCUT2D eigenvalue weighted by molar-refractivity contribution is -0.152. The van der Waals surface area contributed by atoms with Crippen molar-refractivity contribution in [1.82, 2.24) is 14.7 Å². The van der Waals surface area contributed by atoms with Gasteiger partial charge in [-0.05, 0) is 19.8 Å². The topological polar surface area (TPSA) is 75.4 Å². The Bertz CT molecular complexity index is 538. The normalized spacial score (nSPS) is 22.0. The average Bonchev–Trinajstić information content (AvgIpc) is 2.78. The number of carboxylic acid groups (broad SMARTS) is 1. The molecular weight excluding hydrogens is 270 g/mol. The van der Waals surface area contributed by atoms with E-state index in [4.69, 9.17) is 0 Å². The van der Waals surface area contributed by atoms with Crippen LogP contribution in [0.3, 0.4) is 0 Å². The summed E-state index contributed by atoms with van der Waals surface area (Å²) in [7, 11) is 3.60. The number of carbonyl (C=O) groups excluding carboxylic acids is 1. The summed E-state index contributed by atoms with van der Waals surface area (Å²) in [6.45, 7) is 2.43. The molecule has 1 fully saturated rings. The molecule has 116 valence electrons. The van der Waals surface area contributed by atoms with Gasteiger partial charge in [-0.3, -0.25) is 14.3 Å². The van der Waals surface area contributed by atoms with Crippen LogP contribution in [0.4, 0.5) is 0 Å². The predicted molar refractivity (Wildman–Crippen MR) is 77.5 cm³/mol. The number of rotatable bonds is 4. The van der Waals surface area contributed by atoms with Crippen molar-refractivity contribution in [2.24, 2.45) is 18.9 Å². The summed E-state index contributed by atoms with van der Waals surface area (Å²) in [6, 6.07) is 0. The van der Waals surface area contributed by atoms with Gasteiger partial charge in [0.1, 0.15) is 0 Å². The summed E-state index contributed by atoms with van der Waals surface area (Å²) in [6.07, 6.45) is 4.86. The van der Waals surface area contributed by atoms with Crippen LogP contribution in [0.5, 0.6) is 0 Å². The zero-order chi connectivity index (χ0) is 15.6. The van der Waals surface area contributed by atoms with Gasteiger partial charge in [-0.1, -0.05) is 12.8 Å². The molecule has 6 heteroatoms. The third-order valence-corrected chi connectivity index (χ3v) is 4.52. The van der Waals surface area contributed by atoms with E-state index in [0.29, 0.717) is 19.4 Å². The van der Waals surface area contributed by atoms with Crippen LogP contribution in [0.25, 0.3) is 0 Å². The minimum Gasteiger partial charge on any atom is -0.481 e. The van der Waals surface area contributed by atoms with E-state index in [1.165, 1.54) is 0 Å². The van der Waals surface area contributed by atoms with E-state index in [1.54, 1.807) is 22.8 Å². The van der Waals surface area contributed by atoms with Crippen molar-refractivity contribution in [3.05, 3.63) is 17.5 Å². The monoisotopic (exact) mass is 293 g/mol. The zero-order valence-electron chi connectivity index (χ0n) is 12.9. The summed E-state index contributed by atoms with van der Waals surface area (Å²) in [4.78, 5) is 25.5. The Morgan fingerprint density at radius 2 is 2.00 bits per heavy atom. The molecule has 0 spiro atoms. The van der Waals surface area contributed by atoms with Gasteiger partial charge in [-0.25, -0.2) is 0 Å².